The van der Waals surface area contributed by atoms with E-state index in [1.165, 1.54) is 151 Å². The van der Waals surface area contributed by atoms with Crippen molar-refractivity contribution in [2.75, 3.05) is 0 Å². The molecule has 40 heavy (non-hydrogen) atoms. The van der Waals surface area contributed by atoms with E-state index in [-0.39, 0.29) is 49.2 Å². The average Bonchev–Trinajstić information content (AvgIpc) is 2.94. The molecule has 0 atom stereocenters. The fraction of sp³-hybridized carbons (Fsp3) is 0.667. The summed E-state index contributed by atoms with van der Waals surface area (Å²) in [6.07, 6.45) is 28.6. The van der Waals surface area contributed by atoms with Gasteiger partial charge in [-0.3, -0.25) is 0 Å². The molecule has 0 saturated heterocycles. The van der Waals surface area contributed by atoms with Gasteiger partial charge in [-0.1, -0.05) is 177 Å². The molecule has 0 bridgehead atoms. The Balaban J connectivity index is 0.00000800. The van der Waals surface area contributed by atoms with Crippen LogP contribution in [-0.4, -0.2) is 37.7 Å². The summed E-state index contributed by atoms with van der Waals surface area (Å²) < 4.78 is 0. The van der Waals surface area contributed by atoms with Crippen molar-refractivity contribution in [3.05, 3.63) is 47.5 Å². The first-order valence-electron chi connectivity index (χ1n) is 16.4. The van der Waals surface area contributed by atoms with Crippen LogP contribution in [0.15, 0.2) is 46.2 Å². The summed E-state index contributed by atoms with van der Waals surface area (Å²) >= 11 is 1.36. The van der Waals surface area contributed by atoms with E-state index in [9.17, 15) is 10.2 Å². The van der Waals surface area contributed by atoms with Gasteiger partial charge in [0.25, 0.3) is 0 Å². The molecule has 0 spiro atoms. The van der Waals surface area contributed by atoms with Crippen LogP contribution in [-0.2, 0) is 12.8 Å². The van der Waals surface area contributed by atoms with E-state index < -0.39 is 0 Å². The molecule has 2 aromatic rings. The van der Waals surface area contributed by atoms with Crippen molar-refractivity contribution in [1.82, 2.24) is 0 Å². The second-order valence-corrected chi connectivity index (χ2v) is 12.6. The number of aryl methyl sites for hydroxylation is 2. The molecular weight excluding hydrogens is 537 g/mol. The van der Waals surface area contributed by atoms with E-state index in [1.54, 1.807) is 12.1 Å². The fourth-order valence-corrected chi connectivity index (χ4v) is 6.32. The van der Waals surface area contributed by atoms with Crippen molar-refractivity contribution >= 4 is 49.5 Å². The second-order valence-electron chi connectivity index (χ2n) is 11.5. The van der Waals surface area contributed by atoms with Crippen LogP contribution in [0, 0.1) is 0 Å². The van der Waals surface area contributed by atoms with Gasteiger partial charge in [-0.25, -0.2) is 0 Å². The topological polar surface area (TPSA) is 46.1 Å². The van der Waals surface area contributed by atoms with Crippen LogP contribution < -0.4 is 10.2 Å². The molecule has 220 valence electrons. The first-order chi connectivity index (χ1) is 19.1. The number of benzene rings is 2. The molecule has 0 radical (unpaired) electrons. The maximum atomic E-state index is 12.6. The van der Waals surface area contributed by atoms with Crippen molar-refractivity contribution < 1.29 is 10.2 Å². The summed E-state index contributed by atoms with van der Waals surface area (Å²) in [7, 11) is 0. The SMILES string of the molecule is CCCCCCCCCCCCc1ccc([O-])c(Sc2cc(CCCCCCCCCCCC)ccc2[O-])c1.[Ca+2]. The summed E-state index contributed by atoms with van der Waals surface area (Å²) in [4.78, 5) is 1.38. The molecule has 0 fully saturated rings. The molecule has 2 aromatic carbocycles. The van der Waals surface area contributed by atoms with Crippen molar-refractivity contribution in [2.24, 2.45) is 0 Å². The minimum Gasteiger partial charge on any atom is -0.872 e. The van der Waals surface area contributed by atoms with Crippen LogP contribution in [0.4, 0.5) is 0 Å². The smallest absolute Gasteiger partial charge is 0.872 e. The van der Waals surface area contributed by atoms with Crippen molar-refractivity contribution in [3.63, 3.8) is 0 Å². The predicted molar refractivity (Wildman–Crippen MR) is 173 cm³/mol. The van der Waals surface area contributed by atoms with E-state index >= 15 is 0 Å². The monoisotopic (exact) mass is 592 g/mol. The zero-order chi connectivity index (χ0) is 28.0. The van der Waals surface area contributed by atoms with Gasteiger partial charge in [-0.2, -0.15) is 0 Å². The first-order valence-corrected chi connectivity index (χ1v) is 17.2. The Hall–Kier alpha value is -0.350. The van der Waals surface area contributed by atoms with Crippen molar-refractivity contribution in [3.8, 4) is 11.5 Å². The van der Waals surface area contributed by atoms with Crippen LogP contribution >= 0.6 is 11.8 Å². The van der Waals surface area contributed by atoms with Crippen LogP contribution in [0.25, 0.3) is 0 Å². The summed E-state index contributed by atoms with van der Waals surface area (Å²) in [5.41, 5.74) is 2.43. The van der Waals surface area contributed by atoms with Gasteiger partial charge in [-0.15, -0.1) is 0 Å². The predicted octanol–water partition coefficient (Wildman–Crippen LogP) is 10.5. The van der Waals surface area contributed by atoms with E-state index in [1.807, 2.05) is 24.3 Å². The van der Waals surface area contributed by atoms with Gasteiger partial charge >= 0.3 is 37.7 Å². The molecule has 2 nitrogen and oxygen atoms in total. The molecule has 0 aliphatic heterocycles. The van der Waals surface area contributed by atoms with Gasteiger partial charge in [0.2, 0.25) is 0 Å². The van der Waals surface area contributed by atoms with E-state index in [0.717, 1.165) is 12.8 Å². The quantitative estimate of drug-likeness (QED) is 0.0899. The van der Waals surface area contributed by atoms with Crippen molar-refractivity contribution in [2.45, 2.75) is 165 Å². The van der Waals surface area contributed by atoms with E-state index in [2.05, 4.69) is 13.8 Å². The summed E-state index contributed by atoms with van der Waals surface area (Å²) in [6, 6.07) is 11.4. The molecule has 0 unspecified atom stereocenters. The van der Waals surface area contributed by atoms with Gasteiger partial charge in [0.1, 0.15) is 0 Å². The number of rotatable bonds is 24. The number of hydrogen-bond acceptors (Lipinski definition) is 3. The third-order valence-corrected chi connectivity index (χ3v) is 8.95. The molecule has 0 heterocycles. The summed E-state index contributed by atoms with van der Waals surface area (Å²) in [5.74, 6) is 0.0395. The molecule has 4 heteroatoms. The molecule has 0 aromatic heterocycles. The molecular formula is C36H56CaO2S. The maximum Gasteiger partial charge on any atom is 2.00 e. The van der Waals surface area contributed by atoms with Crippen LogP contribution in [0.5, 0.6) is 11.5 Å². The Morgan fingerprint density at radius 3 is 1.07 bits per heavy atom. The zero-order valence-corrected chi connectivity index (χ0v) is 29.0. The minimum absolute atomic E-state index is 0. The third kappa shape index (κ3) is 17.6. The van der Waals surface area contributed by atoms with Crippen LogP contribution in [0.3, 0.4) is 0 Å². The second kappa shape index (κ2) is 25.2. The Kier molecular flexibility index (Phi) is 23.7. The Morgan fingerprint density at radius 1 is 0.450 bits per heavy atom. The van der Waals surface area contributed by atoms with E-state index in [4.69, 9.17) is 0 Å². The Labute approximate surface area is 281 Å². The zero-order valence-electron chi connectivity index (χ0n) is 26.0. The number of unbranched alkanes of at least 4 members (excludes halogenated alkanes) is 18. The molecule has 0 amide bonds. The summed E-state index contributed by atoms with van der Waals surface area (Å²) in [5, 5.41) is 25.1. The van der Waals surface area contributed by atoms with Gasteiger partial charge in [0.05, 0.1) is 0 Å². The Bertz CT molecular complexity index is 814. The largest absolute Gasteiger partial charge is 2.00 e. The molecule has 2 rings (SSSR count). The van der Waals surface area contributed by atoms with Gasteiger partial charge in [-0.05, 0) is 48.9 Å². The normalized spacial score (nSPS) is 11.1. The van der Waals surface area contributed by atoms with Crippen LogP contribution in [0.2, 0.25) is 0 Å². The molecule has 0 aliphatic carbocycles. The van der Waals surface area contributed by atoms with Crippen LogP contribution in [0.1, 0.15) is 153 Å². The minimum atomic E-state index is 0. The average molecular weight is 593 g/mol. The van der Waals surface area contributed by atoms with Gasteiger partial charge < -0.3 is 10.2 Å². The number of hydrogen-bond donors (Lipinski definition) is 0. The van der Waals surface area contributed by atoms with Gasteiger partial charge in [0, 0.05) is 9.79 Å². The molecule has 0 N–H and O–H groups in total. The van der Waals surface area contributed by atoms with Gasteiger partial charge in [0.15, 0.2) is 0 Å². The molecule has 0 saturated carbocycles. The third-order valence-electron chi connectivity index (χ3n) is 7.87. The van der Waals surface area contributed by atoms with Crippen molar-refractivity contribution in [1.29, 1.82) is 0 Å². The Morgan fingerprint density at radius 2 is 0.750 bits per heavy atom. The molecule has 0 aliphatic rings. The first kappa shape index (κ1) is 37.7. The maximum absolute atomic E-state index is 12.6. The standard InChI is InChI=1S/C36H58O2S.Ca/c1-3-5-7-9-11-13-15-17-19-21-23-31-25-27-33(37)35(29-31)39-36-30-32(26-28-34(36)38)24-22-20-18-16-14-12-10-8-6-4-2;/h25-30,37-38H,3-24H2,1-2H3;/q;+2/p-2. The van der Waals surface area contributed by atoms with E-state index in [0.29, 0.717) is 9.79 Å². The fourth-order valence-electron chi connectivity index (χ4n) is 5.33. The summed E-state index contributed by atoms with van der Waals surface area (Å²) in [6.45, 7) is 4.54.